The van der Waals surface area contributed by atoms with Gasteiger partial charge in [0.25, 0.3) is 0 Å². The van der Waals surface area contributed by atoms with E-state index in [9.17, 15) is 0 Å². The summed E-state index contributed by atoms with van der Waals surface area (Å²) >= 11 is 0. The molecule has 0 N–H and O–H groups in total. The first-order valence-electron chi connectivity index (χ1n) is 8.03. The Labute approximate surface area is 131 Å². The highest BCUT2D eigenvalue weighted by Crippen LogP contribution is 2.32. The molecule has 1 unspecified atom stereocenters. The van der Waals surface area contributed by atoms with Crippen molar-refractivity contribution in [2.45, 2.75) is 26.5 Å². The fourth-order valence-corrected chi connectivity index (χ4v) is 2.98. The molecule has 0 saturated carbocycles. The lowest BCUT2D eigenvalue weighted by molar-refractivity contribution is -0.0483. The molecule has 3 nitrogen and oxygen atoms in total. The van der Waals surface area contributed by atoms with Gasteiger partial charge in [-0.15, -0.1) is 0 Å². The van der Waals surface area contributed by atoms with Crippen LogP contribution in [-0.2, 0) is 9.47 Å². The van der Waals surface area contributed by atoms with Gasteiger partial charge in [0.15, 0.2) is 6.23 Å². The summed E-state index contributed by atoms with van der Waals surface area (Å²) in [5, 5.41) is 2.52. The second-order valence-electron chi connectivity index (χ2n) is 5.39. The fraction of sp³-hybridized carbons (Fsp3) is 0.368. The van der Waals surface area contributed by atoms with Crippen LogP contribution in [0.1, 0.15) is 26.5 Å². The number of aromatic nitrogens is 1. The third-order valence-corrected chi connectivity index (χ3v) is 3.87. The summed E-state index contributed by atoms with van der Waals surface area (Å²) in [5.74, 6) is 0. The molecule has 0 amide bonds. The second kappa shape index (κ2) is 6.95. The first-order valence-corrected chi connectivity index (χ1v) is 8.03. The zero-order valence-corrected chi connectivity index (χ0v) is 13.3. The highest BCUT2D eigenvalue weighted by Gasteiger charge is 2.18. The Bertz CT molecular complexity index is 694. The van der Waals surface area contributed by atoms with Crippen LogP contribution in [-0.4, -0.2) is 24.4 Å². The lowest BCUT2D eigenvalue weighted by Gasteiger charge is -2.21. The maximum absolute atomic E-state index is 5.99. The van der Waals surface area contributed by atoms with E-state index in [1.165, 1.54) is 21.8 Å². The van der Waals surface area contributed by atoms with Crippen LogP contribution in [0.25, 0.3) is 21.8 Å². The van der Waals surface area contributed by atoms with Crippen molar-refractivity contribution in [2.24, 2.45) is 0 Å². The molecule has 0 aliphatic heterocycles. The van der Waals surface area contributed by atoms with E-state index in [4.69, 9.17) is 9.47 Å². The Morgan fingerprint density at radius 1 is 0.909 bits per heavy atom. The summed E-state index contributed by atoms with van der Waals surface area (Å²) in [6.45, 7) is 6.16. The smallest absolute Gasteiger partial charge is 0.157 e. The van der Waals surface area contributed by atoms with Crippen LogP contribution in [0.2, 0.25) is 0 Å². The standard InChI is InChI=1S/C19H23NO2/c1-3-13-21-14-19(22-4-2)20-17-11-7-5-9-15(17)16-10-6-8-12-18(16)20/h5-12,19H,3-4,13-14H2,1-2H3. The summed E-state index contributed by atoms with van der Waals surface area (Å²) < 4.78 is 14.0. The number of hydrogen-bond acceptors (Lipinski definition) is 2. The summed E-state index contributed by atoms with van der Waals surface area (Å²) in [6.07, 6.45) is 0.924. The van der Waals surface area contributed by atoms with Gasteiger partial charge in [0.05, 0.1) is 17.6 Å². The number of para-hydroxylation sites is 2. The van der Waals surface area contributed by atoms with Gasteiger partial charge in [-0.3, -0.25) is 0 Å². The lowest BCUT2D eigenvalue weighted by Crippen LogP contribution is -2.19. The van der Waals surface area contributed by atoms with Gasteiger partial charge in [-0.05, 0) is 25.5 Å². The first kappa shape index (κ1) is 15.1. The molecule has 3 aromatic rings. The predicted octanol–water partition coefficient (Wildman–Crippen LogP) is 4.76. The van der Waals surface area contributed by atoms with Crippen molar-refractivity contribution in [3.63, 3.8) is 0 Å². The van der Waals surface area contributed by atoms with Gasteiger partial charge in [0, 0.05) is 24.0 Å². The van der Waals surface area contributed by atoms with Crippen molar-refractivity contribution in [1.82, 2.24) is 4.57 Å². The molecule has 0 saturated heterocycles. The number of nitrogens with zero attached hydrogens (tertiary/aromatic N) is 1. The first-order chi connectivity index (χ1) is 10.9. The molecule has 3 heteroatoms. The molecule has 3 rings (SSSR count). The van der Waals surface area contributed by atoms with Crippen LogP contribution >= 0.6 is 0 Å². The molecule has 116 valence electrons. The van der Waals surface area contributed by atoms with Crippen LogP contribution < -0.4 is 0 Å². The molecule has 1 heterocycles. The monoisotopic (exact) mass is 297 g/mol. The maximum atomic E-state index is 5.99. The van der Waals surface area contributed by atoms with Gasteiger partial charge in [-0.25, -0.2) is 0 Å². The molecular formula is C19H23NO2. The van der Waals surface area contributed by atoms with Crippen molar-refractivity contribution in [3.8, 4) is 0 Å². The quantitative estimate of drug-likeness (QED) is 0.587. The Morgan fingerprint density at radius 3 is 2.05 bits per heavy atom. The van der Waals surface area contributed by atoms with Crippen molar-refractivity contribution in [2.75, 3.05) is 19.8 Å². The molecule has 0 aliphatic carbocycles. The van der Waals surface area contributed by atoms with Crippen LogP contribution in [0, 0.1) is 0 Å². The average molecular weight is 297 g/mol. The van der Waals surface area contributed by atoms with Crippen molar-refractivity contribution >= 4 is 21.8 Å². The molecule has 0 fully saturated rings. The van der Waals surface area contributed by atoms with Gasteiger partial charge < -0.3 is 14.0 Å². The highest BCUT2D eigenvalue weighted by molar-refractivity contribution is 6.08. The third kappa shape index (κ3) is 2.74. The second-order valence-corrected chi connectivity index (χ2v) is 5.39. The largest absolute Gasteiger partial charge is 0.377 e. The molecule has 22 heavy (non-hydrogen) atoms. The maximum Gasteiger partial charge on any atom is 0.157 e. The summed E-state index contributed by atoms with van der Waals surface area (Å²) in [7, 11) is 0. The Hall–Kier alpha value is -1.84. The van der Waals surface area contributed by atoms with E-state index in [-0.39, 0.29) is 6.23 Å². The SMILES string of the molecule is CCCOCC(OCC)n1c2ccccc2c2ccccc21. The number of hydrogen-bond donors (Lipinski definition) is 0. The molecular weight excluding hydrogens is 274 g/mol. The normalized spacial score (nSPS) is 13.0. The molecule has 1 atom stereocenters. The number of benzene rings is 2. The van der Waals surface area contributed by atoms with Crippen molar-refractivity contribution < 1.29 is 9.47 Å². The highest BCUT2D eigenvalue weighted by atomic mass is 16.5. The van der Waals surface area contributed by atoms with Crippen molar-refractivity contribution in [3.05, 3.63) is 48.5 Å². The Morgan fingerprint density at radius 2 is 1.50 bits per heavy atom. The van der Waals surface area contributed by atoms with E-state index >= 15 is 0 Å². The van der Waals surface area contributed by atoms with Crippen LogP contribution in [0.4, 0.5) is 0 Å². The predicted molar refractivity (Wildman–Crippen MR) is 91.2 cm³/mol. The van der Waals surface area contributed by atoms with E-state index in [0.717, 1.165) is 13.0 Å². The Balaban J connectivity index is 2.12. The summed E-state index contributed by atoms with van der Waals surface area (Å²) in [4.78, 5) is 0. The van der Waals surface area contributed by atoms with E-state index in [0.29, 0.717) is 13.2 Å². The average Bonchev–Trinajstić information content (AvgIpc) is 2.89. The summed E-state index contributed by atoms with van der Waals surface area (Å²) in [6, 6.07) is 17.0. The minimum Gasteiger partial charge on any atom is -0.377 e. The van der Waals surface area contributed by atoms with Gasteiger partial charge in [-0.2, -0.15) is 0 Å². The van der Waals surface area contributed by atoms with Gasteiger partial charge in [-0.1, -0.05) is 43.3 Å². The topological polar surface area (TPSA) is 23.4 Å². The van der Waals surface area contributed by atoms with Crippen LogP contribution in [0.15, 0.2) is 48.5 Å². The zero-order chi connectivity index (χ0) is 15.4. The van der Waals surface area contributed by atoms with Crippen molar-refractivity contribution in [1.29, 1.82) is 0 Å². The molecule has 1 aromatic heterocycles. The zero-order valence-electron chi connectivity index (χ0n) is 13.3. The fourth-order valence-electron chi connectivity index (χ4n) is 2.98. The minimum absolute atomic E-state index is 0.0960. The number of rotatable bonds is 7. The Kier molecular flexibility index (Phi) is 4.76. The van der Waals surface area contributed by atoms with Gasteiger partial charge >= 0.3 is 0 Å². The minimum atomic E-state index is -0.0960. The number of fused-ring (bicyclic) bond motifs is 3. The molecule has 0 radical (unpaired) electrons. The molecule has 0 bridgehead atoms. The van der Waals surface area contributed by atoms with E-state index in [1.807, 2.05) is 6.92 Å². The van der Waals surface area contributed by atoms with Crippen LogP contribution in [0.3, 0.4) is 0 Å². The molecule has 0 aliphatic rings. The van der Waals surface area contributed by atoms with E-state index in [1.54, 1.807) is 0 Å². The van der Waals surface area contributed by atoms with E-state index in [2.05, 4.69) is 60.0 Å². The summed E-state index contributed by atoms with van der Waals surface area (Å²) in [5.41, 5.74) is 2.39. The van der Waals surface area contributed by atoms with Gasteiger partial charge in [0.1, 0.15) is 0 Å². The molecule has 2 aromatic carbocycles. The van der Waals surface area contributed by atoms with Gasteiger partial charge in [0.2, 0.25) is 0 Å². The lowest BCUT2D eigenvalue weighted by atomic mass is 10.2. The number of ether oxygens (including phenoxy) is 2. The molecule has 0 spiro atoms. The van der Waals surface area contributed by atoms with Crippen LogP contribution in [0.5, 0.6) is 0 Å². The van der Waals surface area contributed by atoms with E-state index < -0.39 is 0 Å². The third-order valence-electron chi connectivity index (χ3n) is 3.87.